The fraction of sp³-hybridized carbons (Fsp3) is 0.583. The number of carbonyl (C=O) groups is 2. The van der Waals surface area contributed by atoms with Crippen LogP contribution in [0.5, 0.6) is 0 Å². The lowest BCUT2D eigenvalue weighted by molar-refractivity contribution is -0.112. The lowest BCUT2D eigenvalue weighted by Crippen LogP contribution is -2.52. The Morgan fingerprint density at radius 2 is 1.81 bits per heavy atom. The van der Waals surface area contributed by atoms with E-state index in [1.165, 1.54) is 43.9 Å². The number of amides is 2. The van der Waals surface area contributed by atoms with Gasteiger partial charge in [0.2, 0.25) is 0 Å². The Morgan fingerprint density at radius 3 is 2.52 bits per heavy atom. The van der Waals surface area contributed by atoms with Crippen LogP contribution >= 0.6 is 11.8 Å². The number of hydrogen-bond acceptors (Lipinski definition) is 5. The number of thioether (sulfide) groups is 1. The van der Waals surface area contributed by atoms with Gasteiger partial charge in [0.1, 0.15) is 10.7 Å². The number of piperazine rings is 1. The van der Waals surface area contributed by atoms with Crippen molar-refractivity contribution in [2.45, 2.75) is 52.0 Å². The number of nitrogens with zero attached hydrogens (tertiary/aromatic N) is 2. The molecule has 0 bridgehead atoms. The zero-order valence-electron chi connectivity index (χ0n) is 18.6. The maximum Gasteiger partial charge on any atom is 0.265 e. The molecule has 0 atom stereocenters. The summed E-state index contributed by atoms with van der Waals surface area (Å²) in [6, 6.07) is 6.29. The molecule has 0 spiro atoms. The maximum atomic E-state index is 13.1. The molecule has 168 valence electrons. The SMILES string of the molecule is CC1=C(C(=O)Nc2cc(C(=O)N3CCN(C4CCCCC4)CC3)ccc2C)SCCO1. The van der Waals surface area contributed by atoms with E-state index in [4.69, 9.17) is 4.74 Å². The van der Waals surface area contributed by atoms with Crippen LogP contribution in [0.2, 0.25) is 0 Å². The molecule has 4 rings (SSSR count). The van der Waals surface area contributed by atoms with E-state index in [0.29, 0.717) is 34.6 Å². The van der Waals surface area contributed by atoms with Crippen molar-refractivity contribution in [2.24, 2.45) is 0 Å². The summed E-state index contributed by atoms with van der Waals surface area (Å²) in [5.74, 6) is 1.31. The van der Waals surface area contributed by atoms with Crippen LogP contribution in [-0.4, -0.2) is 66.2 Å². The normalized spacial score (nSPS) is 21.0. The van der Waals surface area contributed by atoms with Gasteiger partial charge in [0.05, 0.1) is 6.61 Å². The summed E-state index contributed by atoms with van der Waals surface area (Å²) in [5.41, 5.74) is 2.25. The second-order valence-corrected chi connectivity index (χ2v) is 9.79. The molecule has 31 heavy (non-hydrogen) atoms. The molecule has 1 saturated heterocycles. The summed E-state index contributed by atoms with van der Waals surface area (Å²) in [6.45, 7) is 7.84. The summed E-state index contributed by atoms with van der Waals surface area (Å²) in [7, 11) is 0. The molecule has 2 aliphatic heterocycles. The molecule has 0 unspecified atom stereocenters. The molecule has 3 aliphatic rings. The average Bonchev–Trinajstić information content (AvgIpc) is 2.81. The van der Waals surface area contributed by atoms with Crippen molar-refractivity contribution in [1.29, 1.82) is 0 Å². The lowest BCUT2D eigenvalue weighted by atomic mass is 9.94. The van der Waals surface area contributed by atoms with E-state index in [1.807, 2.05) is 36.9 Å². The Bertz CT molecular complexity index is 856. The highest BCUT2D eigenvalue weighted by atomic mass is 32.2. The Balaban J connectivity index is 1.39. The van der Waals surface area contributed by atoms with Crippen LogP contribution in [0.15, 0.2) is 28.9 Å². The van der Waals surface area contributed by atoms with Gasteiger partial charge in [0, 0.05) is 49.2 Å². The highest BCUT2D eigenvalue weighted by molar-refractivity contribution is 8.04. The molecule has 6 nitrogen and oxygen atoms in total. The number of hydrogen-bond donors (Lipinski definition) is 1. The summed E-state index contributed by atoms with van der Waals surface area (Å²) in [5, 5.41) is 2.98. The predicted molar refractivity (Wildman–Crippen MR) is 125 cm³/mol. The Morgan fingerprint density at radius 1 is 1.06 bits per heavy atom. The monoisotopic (exact) mass is 443 g/mol. The van der Waals surface area contributed by atoms with Gasteiger partial charge in [-0.15, -0.1) is 11.8 Å². The van der Waals surface area contributed by atoms with Crippen molar-refractivity contribution >= 4 is 29.3 Å². The Labute approximate surface area is 189 Å². The quantitative estimate of drug-likeness (QED) is 0.762. The standard InChI is InChI=1S/C24H33N3O3S/c1-17-8-9-19(16-21(17)25-23(28)22-18(2)30-14-15-31-22)24(29)27-12-10-26(11-13-27)20-6-4-3-5-7-20/h8-9,16,20H,3-7,10-15H2,1-2H3,(H,25,28). The minimum Gasteiger partial charge on any atom is -0.496 e. The van der Waals surface area contributed by atoms with E-state index in [1.54, 1.807) is 0 Å². The van der Waals surface area contributed by atoms with Gasteiger partial charge < -0.3 is 15.0 Å². The molecule has 0 aromatic heterocycles. The van der Waals surface area contributed by atoms with Gasteiger partial charge in [-0.25, -0.2) is 0 Å². The third kappa shape index (κ3) is 5.26. The second kappa shape index (κ2) is 10.1. The minimum atomic E-state index is -0.170. The first-order valence-corrected chi connectivity index (χ1v) is 12.4. The zero-order valence-corrected chi connectivity index (χ0v) is 19.4. The first-order valence-electron chi connectivity index (χ1n) is 11.4. The van der Waals surface area contributed by atoms with Crippen LogP contribution in [0.25, 0.3) is 0 Å². The van der Waals surface area contributed by atoms with Gasteiger partial charge >= 0.3 is 0 Å². The van der Waals surface area contributed by atoms with Gasteiger partial charge in [0.15, 0.2) is 0 Å². The van der Waals surface area contributed by atoms with Crippen molar-refractivity contribution in [2.75, 3.05) is 43.9 Å². The lowest BCUT2D eigenvalue weighted by Gasteiger charge is -2.40. The van der Waals surface area contributed by atoms with E-state index in [2.05, 4.69) is 10.2 Å². The first kappa shape index (κ1) is 22.2. The third-order valence-corrected chi connectivity index (χ3v) is 7.73. The molecule has 2 fully saturated rings. The molecule has 1 aromatic rings. The number of ether oxygens (including phenoxy) is 1. The molecular weight excluding hydrogens is 410 g/mol. The van der Waals surface area contributed by atoms with Gasteiger partial charge in [0.25, 0.3) is 11.8 Å². The fourth-order valence-electron chi connectivity index (χ4n) is 4.72. The fourth-order valence-corrected chi connectivity index (χ4v) is 5.53. The number of aryl methyl sites for hydroxylation is 1. The number of carbonyl (C=O) groups excluding carboxylic acids is 2. The molecule has 1 N–H and O–H groups in total. The van der Waals surface area contributed by atoms with Crippen LogP contribution < -0.4 is 5.32 Å². The van der Waals surface area contributed by atoms with Crippen molar-refractivity contribution in [3.05, 3.63) is 40.0 Å². The van der Waals surface area contributed by atoms with Crippen molar-refractivity contribution in [1.82, 2.24) is 9.80 Å². The van der Waals surface area contributed by atoms with E-state index in [-0.39, 0.29) is 11.8 Å². The van der Waals surface area contributed by atoms with Crippen LogP contribution in [0.1, 0.15) is 54.9 Å². The number of rotatable bonds is 4. The molecular formula is C24H33N3O3S. The van der Waals surface area contributed by atoms with Crippen LogP contribution in [-0.2, 0) is 9.53 Å². The number of benzene rings is 1. The van der Waals surface area contributed by atoms with Gasteiger partial charge in [-0.3, -0.25) is 14.5 Å². The van der Waals surface area contributed by atoms with Crippen LogP contribution in [0.4, 0.5) is 5.69 Å². The molecule has 2 amide bonds. The maximum absolute atomic E-state index is 13.1. The third-order valence-electron chi connectivity index (χ3n) is 6.60. The van der Waals surface area contributed by atoms with E-state index in [9.17, 15) is 9.59 Å². The van der Waals surface area contributed by atoms with E-state index < -0.39 is 0 Å². The second-order valence-electron chi connectivity index (χ2n) is 8.69. The molecule has 1 aliphatic carbocycles. The van der Waals surface area contributed by atoms with Crippen molar-refractivity contribution in [3.63, 3.8) is 0 Å². The highest BCUT2D eigenvalue weighted by Crippen LogP contribution is 2.28. The first-order chi connectivity index (χ1) is 15.0. The Kier molecular flexibility index (Phi) is 7.23. The molecule has 1 aromatic carbocycles. The Hall–Kier alpha value is -1.99. The van der Waals surface area contributed by atoms with Crippen LogP contribution in [0.3, 0.4) is 0 Å². The number of anilines is 1. The summed E-state index contributed by atoms with van der Waals surface area (Å²) in [4.78, 5) is 31.0. The number of nitrogens with one attached hydrogen (secondary N) is 1. The average molecular weight is 444 g/mol. The van der Waals surface area contributed by atoms with Gasteiger partial charge in [-0.2, -0.15) is 0 Å². The predicted octanol–water partition coefficient (Wildman–Crippen LogP) is 4.02. The van der Waals surface area contributed by atoms with E-state index in [0.717, 1.165) is 37.5 Å². The topological polar surface area (TPSA) is 61.9 Å². The minimum absolute atomic E-state index is 0.0459. The van der Waals surface area contributed by atoms with Gasteiger partial charge in [-0.05, 0) is 44.4 Å². The largest absolute Gasteiger partial charge is 0.496 e. The van der Waals surface area contributed by atoms with E-state index >= 15 is 0 Å². The van der Waals surface area contributed by atoms with Crippen LogP contribution in [0, 0.1) is 6.92 Å². The van der Waals surface area contributed by atoms with Gasteiger partial charge in [-0.1, -0.05) is 25.3 Å². The molecule has 7 heteroatoms. The zero-order chi connectivity index (χ0) is 21.8. The summed E-state index contributed by atoms with van der Waals surface area (Å²) < 4.78 is 5.51. The van der Waals surface area contributed by atoms with Crippen molar-refractivity contribution < 1.29 is 14.3 Å². The molecule has 0 radical (unpaired) electrons. The summed E-state index contributed by atoms with van der Waals surface area (Å²) >= 11 is 1.51. The highest BCUT2D eigenvalue weighted by Gasteiger charge is 2.28. The summed E-state index contributed by atoms with van der Waals surface area (Å²) in [6.07, 6.45) is 6.64. The smallest absolute Gasteiger partial charge is 0.265 e. The molecule has 2 heterocycles. The molecule has 1 saturated carbocycles. The van der Waals surface area contributed by atoms with Crippen molar-refractivity contribution in [3.8, 4) is 0 Å². The number of allylic oxidation sites excluding steroid dienone is 1.